The Hall–Kier alpha value is -2.20. The molecule has 2 aromatic rings. The molecule has 4 nitrogen and oxygen atoms in total. The number of anilines is 1. The molecule has 0 saturated carbocycles. The van der Waals surface area contributed by atoms with Crippen LogP contribution in [0.4, 0.5) is 11.4 Å². The monoisotopic (exact) mass is 318 g/mol. The number of nitrogens with zero attached hydrogens (tertiary/aromatic N) is 2. The van der Waals surface area contributed by atoms with Gasteiger partial charge in [0.15, 0.2) is 0 Å². The second kappa shape index (κ2) is 7.18. The van der Waals surface area contributed by atoms with Crippen LogP contribution in [-0.2, 0) is 0 Å². The van der Waals surface area contributed by atoms with Gasteiger partial charge in [-0.1, -0.05) is 11.6 Å². The van der Waals surface area contributed by atoms with Gasteiger partial charge in [-0.25, -0.2) is 0 Å². The highest BCUT2D eigenvalue weighted by atomic mass is 35.5. The van der Waals surface area contributed by atoms with Gasteiger partial charge in [0.05, 0.1) is 0 Å². The summed E-state index contributed by atoms with van der Waals surface area (Å²) in [6.45, 7) is 5.88. The number of halogens is 1. The number of phenols is 2. The Morgan fingerprint density at radius 3 is 2.36 bits per heavy atom. The minimum Gasteiger partial charge on any atom is -0.507 e. The van der Waals surface area contributed by atoms with Gasteiger partial charge < -0.3 is 15.1 Å². The molecule has 116 valence electrons. The fourth-order valence-corrected chi connectivity index (χ4v) is 2.34. The van der Waals surface area contributed by atoms with Crippen LogP contribution in [0.3, 0.4) is 0 Å². The van der Waals surface area contributed by atoms with Crippen molar-refractivity contribution in [2.75, 3.05) is 18.0 Å². The van der Waals surface area contributed by atoms with Crippen molar-refractivity contribution in [2.24, 2.45) is 4.99 Å². The molecule has 0 spiro atoms. The number of rotatable bonds is 5. The Bertz CT molecular complexity index is 682. The van der Waals surface area contributed by atoms with Gasteiger partial charge in [-0.2, -0.15) is 0 Å². The van der Waals surface area contributed by atoms with Gasteiger partial charge in [0.25, 0.3) is 0 Å². The zero-order chi connectivity index (χ0) is 16.1. The summed E-state index contributed by atoms with van der Waals surface area (Å²) < 4.78 is 0. The molecule has 0 heterocycles. The third-order valence-electron chi connectivity index (χ3n) is 3.42. The lowest BCUT2D eigenvalue weighted by molar-refractivity contribution is 0.474. The van der Waals surface area contributed by atoms with Gasteiger partial charge in [-0.15, -0.1) is 0 Å². The van der Waals surface area contributed by atoms with Crippen molar-refractivity contribution in [3.8, 4) is 11.5 Å². The van der Waals surface area contributed by atoms with E-state index in [2.05, 4.69) is 23.7 Å². The highest BCUT2D eigenvalue weighted by Gasteiger charge is 2.06. The van der Waals surface area contributed by atoms with E-state index in [4.69, 9.17) is 11.6 Å². The number of aliphatic imine (C=N–C) groups is 1. The molecule has 0 aliphatic carbocycles. The summed E-state index contributed by atoms with van der Waals surface area (Å²) in [6, 6.07) is 10.2. The second-order valence-corrected chi connectivity index (χ2v) is 5.24. The van der Waals surface area contributed by atoms with Crippen molar-refractivity contribution >= 4 is 29.2 Å². The first-order chi connectivity index (χ1) is 10.5. The summed E-state index contributed by atoms with van der Waals surface area (Å²) in [5.74, 6) is 0.157. The van der Waals surface area contributed by atoms with Crippen LogP contribution in [0.5, 0.6) is 11.5 Å². The van der Waals surface area contributed by atoms with Crippen LogP contribution in [-0.4, -0.2) is 29.5 Å². The van der Waals surface area contributed by atoms with Crippen LogP contribution in [0.2, 0.25) is 5.02 Å². The number of phenolic OH excluding ortho intramolecular Hbond substituents is 2. The summed E-state index contributed by atoms with van der Waals surface area (Å²) in [5, 5.41) is 20.3. The van der Waals surface area contributed by atoms with Gasteiger partial charge in [0.1, 0.15) is 17.2 Å². The smallest absolute Gasteiger partial charge is 0.143 e. The molecule has 0 fully saturated rings. The van der Waals surface area contributed by atoms with Crippen molar-refractivity contribution in [2.45, 2.75) is 13.8 Å². The maximum Gasteiger partial charge on any atom is 0.143 e. The minimum atomic E-state index is 0.0514. The van der Waals surface area contributed by atoms with Gasteiger partial charge in [0, 0.05) is 41.6 Å². The Labute approximate surface area is 135 Å². The van der Waals surface area contributed by atoms with E-state index >= 15 is 0 Å². The molecule has 0 bridgehead atoms. The van der Waals surface area contributed by atoms with Gasteiger partial charge >= 0.3 is 0 Å². The molecule has 2 rings (SSSR count). The zero-order valence-corrected chi connectivity index (χ0v) is 13.4. The molecular weight excluding hydrogens is 300 g/mol. The van der Waals surface area contributed by atoms with Crippen molar-refractivity contribution in [1.29, 1.82) is 0 Å². The van der Waals surface area contributed by atoms with Crippen LogP contribution in [0, 0.1) is 0 Å². The lowest BCUT2D eigenvalue weighted by Crippen LogP contribution is -2.21. The summed E-state index contributed by atoms with van der Waals surface area (Å²) in [7, 11) is 0. The molecule has 2 N–H and O–H groups in total. The topological polar surface area (TPSA) is 56.1 Å². The summed E-state index contributed by atoms with van der Waals surface area (Å²) in [5.41, 5.74) is 1.94. The normalized spacial score (nSPS) is 11.0. The molecule has 5 heteroatoms. The average molecular weight is 319 g/mol. The summed E-state index contributed by atoms with van der Waals surface area (Å²) in [4.78, 5) is 6.36. The van der Waals surface area contributed by atoms with Crippen LogP contribution >= 0.6 is 11.6 Å². The number of benzene rings is 2. The lowest BCUT2D eigenvalue weighted by atomic mass is 10.2. The molecule has 0 atom stereocenters. The molecule has 0 aromatic heterocycles. The van der Waals surface area contributed by atoms with Gasteiger partial charge in [-0.05, 0) is 44.2 Å². The quantitative estimate of drug-likeness (QED) is 0.806. The van der Waals surface area contributed by atoms with E-state index in [0.29, 0.717) is 16.3 Å². The molecule has 22 heavy (non-hydrogen) atoms. The highest BCUT2D eigenvalue weighted by molar-refractivity contribution is 6.30. The summed E-state index contributed by atoms with van der Waals surface area (Å²) >= 11 is 5.78. The molecule has 0 aliphatic heterocycles. The first-order valence-corrected chi connectivity index (χ1v) is 7.53. The predicted octanol–water partition coefficient (Wildman–Crippen LogP) is 4.35. The standard InChI is InChI=1S/C17H19ClN2O2/c1-3-20(4-2)14-7-8-15(17(22)10-14)19-11-12-5-6-13(18)9-16(12)21/h5-11,21-22H,3-4H2,1-2H3. The van der Waals surface area contributed by atoms with E-state index < -0.39 is 0 Å². The summed E-state index contributed by atoms with van der Waals surface area (Å²) in [6.07, 6.45) is 1.50. The predicted molar refractivity (Wildman–Crippen MR) is 92.0 cm³/mol. The van der Waals surface area contributed by atoms with Crippen LogP contribution in [0.1, 0.15) is 19.4 Å². The lowest BCUT2D eigenvalue weighted by Gasteiger charge is -2.21. The molecule has 0 aliphatic rings. The molecule has 2 aromatic carbocycles. The first kappa shape index (κ1) is 16.2. The number of aromatic hydroxyl groups is 2. The third kappa shape index (κ3) is 3.71. The minimum absolute atomic E-state index is 0.0514. The maximum atomic E-state index is 10.1. The van der Waals surface area contributed by atoms with Gasteiger partial charge in [-0.3, -0.25) is 4.99 Å². The third-order valence-corrected chi connectivity index (χ3v) is 3.66. The van der Waals surface area contributed by atoms with Crippen molar-refractivity contribution in [3.05, 3.63) is 47.0 Å². The first-order valence-electron chi connectivity index (χ1n) is 7.15. The Morgan fingerprint density at radius 2 is 1.77 bits per heavy atom. The zero-order valence-electron chi connectivity index (χ0n) is 12.6. The van der Waals surface area contributed by atoms with Crippen LogP contribution in [0.15, 0.2) is 41.4 Å². The highest BCUT2D eigenvalue weighted by Crippen LogP contribution is 2.31. The van der Waals surface area contributed by atoms with Crippen molar-refractivity contribution < 1.29 is 10.2 Å². The van der Waals surface area contributed by atoms with E-state index in [1.165, 1.54) is 12.3 Å². The molecule has 0 amide bonds. The second-order valence-electron chi connectivity index (χ2n) is 4.81. The van der Waals surface area contributed by atoms with Crippen molar-refractivity contribution in [1.82, 2.24) is 0 Å². The number of hydrogen-bond donors (Lipinski definition) is 2. The van der Waals surface area contributed by atoms with Gasteiger partial charge in [0.2, 0.25) is 0 Å². The van der Waals surface area contributed by atoms with E-state index in [0.717, 1.165) is 18.8 Å². The average Bonchev–Trinajstić information content (AvgIpc) is 2.49. The number of hydrogen-bond acceptors (Lipinski definition) is 4. The molecule has 0 radical (unpaired) electrons. The fraction of sp³-hybridized carbons (Fsp3) is 0.235. The largest absolute Gasteiger partial charge is 0.507 e. The SMILES string of the molecule is CCN(CC)c1ccc(N=Cc2ccc(Cl)cc2O)c(O)c1. The maximum absolute atomic E-state index is 10.1. The Balaban J connectivity index is 2.24. The van der Waals surface area contributed by atoms with E-state index in [1.54, 1.807) is 24.3 Å². The fourth-order valence-electron chi connectivity index (χ4n) is 2.17. The van der Waals surface area contributed by atoms with Crippen LogP contribution < -0.4 is 4.90 Å². The van der Waals surface area contributed by atoms with E-state index in [1.807, 2.05) is 6.07 Å². The Kier molecular flexibility index (Phi) is 5.28. The van der Waals surface area contributed by atoms with Crippen LogP contribution in [0.25, 0.3) is 0 Å². The van der Waals surface area contributed by atoms with E-state index in [-0.39, 0.29) is 11.5 Å². The van der Waals surface area contributed by atoms with E-state index in [9.17, 15) is 10.2 Å². The Morgan fingerprint density at radius 1 is 1.05 bits per heavy atom. The van der Waals surface area contributed by atoms with Crippen molar-refractivity contribution in [3.63, 3.8) is 0 Å². The molecular formula is C17H19ClN2O2. The molecule has 0 unspecified atom stereocenters. The molecule has 0 saturated heterocycles.